The Morgan fingerprint density at radius 1 is 1.08 bits per heavy atom. The van der Waals surface area contributed by atoms with Crippen molar-refractivity contribution in [3.05, 3.63) is 35.9 Å². The summed E-state index contributed by atoms with van der Waals surface area (Å²) >= 11 is 0. The number of unbranched alkanes of at least 4 members (excludes halogenated alkanes) is 2. The number of amides is 2. The molecule has 3 N–H and O–H groups in total. The van der Waals surface area contributed by atoms with Crippen molar-refractivity contribution in [2.24, 2.45) is 0 Å². The van der Waals surface area contributed by atoms with Crippen LogP contribution in [-0.2, 0) is 16.1 Å². The molecular weight excluding hydrogens is 328 g/mol. The van der Waals surface area contributed by atoms with Gasteiger partial charge in [0, 0.05) is 0 Å². The molecule has 148 valence electrons. The first-order valence-corrected chi connectivity index (χ1v) is 9.59. The minimum Gasteiger partial charge on any atom is -0.320 e. The summed E-state index contributed by atoms with van der Waals surface area (Å²) in [7, 11) is 2.00. The molecule has 1 aliphatic heterocycles. The van der Waals surface area contributed by atoms with Gasteiger partial charge in [0.25, 0.3) is 0 Å². The Morgan fingerprint density at radius 2 is 1.77 bits per heavy atom. The molecule has 0 aliphatic carbocycles. The van der Waals surface area contributed by atoms with Gasteiger partial charge in [0.1, 0.15) is 0 Å². The van der Waals surface area contributed by atoms with E-state index in [1.807, 2.05) is 37.4 Å². The summed E-state index contributed by atoms with van der Waals surface area (Å²) < 4.78 is 0. The maximum Gasteiger partial charge on any atom is 0.228 e. The van der Waals surface area contributed by atoms with Gasteiger partial charge < -0.3 is 10.6 Å². The molecule has 0 atom stereocenters. The fourth-order valence-corrected chi connectivity index (χ4v) is 2.31. The Labute approximate surface area is 158 Å². The van der Waals surface area contributed by atoms with Gasteiger partial charge in [-0.15, -0.1) is 0 Å². The number of hydrazine groups is 1. The summed E-state index contributed by atoms with van der Waals surface area (Å²) in [6.45, 7) is 6.27. The van der Waals surface area contributed by atoms with Crippen molar-refractivity contribution >= 4 is 12.8 Å². The van der Waals surface area contributed by atoms with Crippen LogP contribution in [0.5, 0.6) is 0 Å². The lowest BCUT2D eigenvalue weighted by molar-refractivity contribution is -0.127. The first-order valence-electron chi connectivity index (χ1n) is 9.59. The largest absolute Gasteiger partial charge is 0.320 e. The van der Waals surface area contributed by atoms with Crippen LogP contribution in [0.3, 0.4) is 0 Å². The second-order valence-corrected chi connectivity index (χ2v) is 6.09. The second kappa shape index (κ2) is 19.4. The average Bonchev–Trinajstić information content (AvgIpc) is 2.71. The molecule has 1 aromatic carbocycles. The predicted molar refractivity (Wildman–Crippen MR) is 107 cm³/mol. The van der Waals surface area contributed by atoms with E-state index in [1.54, 1.807) is 0 Å². The highest BCUT2D eigenvalue weighted by atomic mass is 16.2. The number of nitrogens with zero attached hydrogens (tertiary/aromatic N) is 1. The monoisotopic (exact) mass is 364 g/mol. The molecule has 1 aliphatic rings. The highest BCUT2D eigenvalue weighted by Gasteiger charge is 1.99. The van der Waals surface area contributed by atoms with Crippen molar-refractivity contribution in [1.29, 1.82) is 0 Å². The molecule has 1 fully saturated rings. The molecule has 0 saturated carbocycles. The van der Waals surface area contributed by atoms with Crippen molar-refractivity contribution in [3.63, 3.8) is 0 Å². The summed E-state index contributed by atoms with van der Waals surface area (Å²) in [5.41, 5.74) is 3.23. The van der Waals surface area contributed by atoms with Gasteiger partial charge in [0.15, 0.2) is 0 Å². The SMILES string of the molecule is C1CCNCC1.CCCCCNC.O=CNN(C=O)Cc1ccccc1. The number of benzene rings is 1. The molecule has 0 radical (unpaired) electrons. The summed E-state index contributed by atoms with van der Waals surface area (Å²) in [6, 6.07) is 9.40. The number of carbonyl (C=O) groups excluding carboxylic acids is 2. The third-order valence-electron chi connectivity index (χ3n) is 3.78. The Kier molecular flexibility index (Phi) is 18.0. The molecule has 26 heavy (non-hydrogen) atoms. The highest BCUT2D eigenvalue weighted by molar-refractivity contribution is 5.54. The Morgan fingerprint density at radius 3 is 2.19 bits per heavy atom. The van der Waals surface area contributed by atoms with Gasteiger partial charge in [-0.2, -0.15) is 0 Å². The summed E-state index contributed by atoms with van der Waals surface area (Å²) in [4.78, 5) is 20.5. The van der Waals surface area contributed by atoms with Crippen LogP contribution >= 0.6 is 0 Å². The van der Waals surface area contributed by atoms with E-state index in [0.29, 0.717) is 19.4 Å². The van der Waals surface area contributed by atoms with E-state index in [2.05, 4.69) is 23.0 Å². The molecule has 0 bridgehead atoms. The van der Waals surface area contributed by atoms with E-state index in [9.17, 15) is 9.59 Å². The zero-order chi connectivity index (χ0) is 19.3. The first kappa shape index (κ1) is 24.1. The summed E-state index contributed by atoms with van der Waals surface area (Å²) in [5, 5.41) is 7.56. The molecule has 0 aromatic heterocycles. The van der Waals surface area contributed by atoms with Crippen LogP contribution in [0.15, 0.2) is 30.3 Å². The zero-order valence-corrected chi connectivity index (χ0v) is 16.4. The quantitative estimate of drug-likeness (QED) is 0.357. The molecule has 6 heteroatoms. The van der Waals surface area contributed by atoms with Crippen LogP contribution in [0, 0.1) is 0 Å². The van der Waals surface area contributed by atoms with Gasteiger partial charge in [-0.05, 0) is 51.5 Å². The van der Waals surface area contributed by atoms with Crippen LogP contribution in [0.1, 0.15) is 51.0 Å². The predicted octanol–water partition coefficient (Wildman–Crippen LogP) is 2.46. The van der Waals surface area contributed by atoms with Gasteiger partial charge in [-0.25, -0.2) is 0 Å². The van der Waals surface area contributed by atoms with Crippen molar-refractivity contribution in [3.8, 4) is 0 Å². The molecule has 0 spiro atoms. The minimum atomic E-state index is 0.378. The summed E-state index contributed by atoms with van der Waals surface area (Å²) in [6.07, 6.45) is 9.27. The van der Waals surface area contributed by atoms with E-state index < -0.39 is 0 Å². The van der Waals surface area contributed by atoms with E-state index in [-0.39, 0.29) is 0 Å². The number of rotatable bonds is 9. The molecule has 1 heterocycles. The first-order chi connectivity index (χ1) is 12.8. The van der Waals surface area contributed by atoms with Crippen LogP contribution < -0.4 is 16.1 Å². The fourth-order valence-electron chi connectivity index (χ4n) is 2.31. The Hall–Kier alpha value is -1.92. The van der Waals surface area contributed by atoms with Crippen LogP contribution in [0.2, 0.25) is 0 Å². The maximum absolute atomic E-state index is 10.4. The molecule has 2 amide bonds. The summed E-state index contributed by atoms with van der Waals surface area (Å²) in [5.74, 6) is 0. The number of carbonyl (C=O) groups is 2. The third-order valence-corrected chi connectivity index (χ3v) is 3.78. The topological polar surface area (TPSA) is 73.5 Å². The molecule has 1 aromatic rings. The molecule has 1 saturated heterocycles. The number of piperidine rings is 1. The van der Waals surface area contributed by atoms with Gasteiger partial charge >= 0.3 is 0 Å². The molecule has 2 rings (SSSR count). The average molecular weight is 365 g/mol. The van der Waals surface area contributed by atoms with Gasteiger partial charge in [-0.1, -0.05) is 56.5 Å². The van der Waals surface area contributed by atoms with Crippen molar-refractivity contribution in [2.45, 2.75) is 52.0 Å². The normalized spacial score (nSPS) is 12.5. The maximum atomic E-state index is 10.4. The third kappa shape index (κ3) is 15.6. The van der Waals surface area contributed by atoms with Gasteiger partial charge in [0.2, 0.25) is 12.8 Å². The minimum absolute atomic E-state index is 0.378. The fraction of sp³-hybridized carbons (Fsp3) is 0.600. The van der Waals surface area contributed by atoms with Crippen molar-refractivity contribution in [1.82, 2.24) is 21.1 Å². The van der Waals surface area contributed by atoms with Crippen LogP contribution in [-0.4, -0.2) is 44.5 Å². The molecule has 0 unspecified atom stereocenters. The second-order valence-electron chi connectivity index (χ2n) is 6.09. The number of hydrogen-bond donors (Lipinski definition) is 3. The Bertz CT molecular complexity index is 410. The lowest BCUT2D eigenvalue weighted by Crippen LogP contribution is -2.34. The lowest BCUT2D eigenvalue weighted by Gasteiger charge is -2.14. The van der Waals surface area contributed by atoms with E-state index in [0.717, 1.165) is 5.56 Å². The van der Waals surface area contributed by atoms with E-state index in [4.69, 9.17) is 0 Å². The Balaban J connectivity index is 0.000000404. The number of hydrogen-bond acceptors (Lipinski definition) is 4. The van der Waals surface area contributed by atoms with Crippen LogP contribution in [0.25, 0.3) is 0 Å². The van der Waals surface area contributed by atoms with Crippen molar-refractivity contribution in [2.75, 3.05) is 26.7 Å². The van der Waals surface area contributed by atoms with Crippen LogP contribution in [0.4, 0.5) is 0 Å². The number of nitrogens with one attached hydrogen (secondary N) is 3. The van der Waals surface area contributed by atoms with Gasteiger partial charge in [-0.3, -0.25) is 20.0 Å². The highest BCUT2D eigenvalue weighted by Crippen LogP contribution is 2.00. The smallest absolute Gasteiger partial charge is 0.228 e. The lowest BCUT2D eigenvalue weighted by atomic mass is 10.2. The molecule has 6 nitrogen and oxygen atoms in total. The van der Waals surface area contributed by atoms with Gasteiger partial charge in [0.05, 0.1) is 6.54 Å². The molecular formula is C20H36N4O2. The van der Waals surface area contributed by atoms with Crippen molar-refractivity contribution < 1.29 is 9.59 Å². The van der Waals surface area contributed by atoms with E-state index >= 15 is 0 Å². The van der Waals surface area contributed by atoms with E-state index in [1.165, 1.54) is 63.2 Å². The standard InChI is InChI=1S/C9H10N2O2.C6H15N.C5H11N/c12-7-10-11(8-13)6-9-4-2-1-3-5-9;1-3-4-5-6-7-2;1-2-4-6-5-3-1/h1-5,7-8H,6H2,(H,10,12);7H,3-6H2,1-2H3;6H,1-5H2. The zero-order valence-electron chi connectivity index (χ0n) is 16.4.